The van der Waals surface area contributed by atoms with Crippen LogP contribution in [-0.4, -0.2) is 57.7 Å². The van der Waals surface area contributed by atoms with Crippen LogP contribution < -0.4 is 10.6 Å². The second kappa shape index (κ2) is 9.70. The molecule has 2 heterocycles. The van der Waals surface area contributed by atoms with E-state index in [0.29, 0.717) is 13.0 Å². The Morgan fingerprint density at radius 3 is 2.78 bits per heavy atom. The Bertz CT molecular complexity index is 740. The number of aliphatic imine (C=N–C) groups is 1. The second-order valence-electron chi connectivity index (χ2n) is 6.47. The highest BCUT2D eigenvalue weighted by atomic mass is 16.2. The van der Waals surface area contributed by atoms with Gasteiger partial charge in [0.05, 0.1) is 12.2 Å². The van der Waals surface area contributed by atoms with E-state index in [1.165, 1.54) is 6.33 Å². The van der Waals surface area contributed by atoms with Crippen LogP contribution in [0.15, 0.2) is 41.9 Å². The Kier molecular flexibility index (Phi) is 6.78. The number of carbonyl (C=O) groups excluding carboxylic acids is 1. The molecule has 3 rings (SSSR count). The molecule has 2 N–H and O–H groups in total. The van der Waals surface area contributed by atoms with Crippen LogP contribution in [0, 0.1) is 0 Å². The Labute approximate surface area is 159 Å². The van der Waals surface area contributed by atoms with Gasteiger partial charge < -0.3 is 15.5 Å². The maximum absolute atomic E-state index is 11.6. The fraction of sp³-hybridized carbons (Fsp3) is 0.474. The third-order valence-electron chi connectivity index (χ3n) is 4.45. The number of hydrogen-bond donors (Lipinski definition) is 2. The molecule has 0 spiro atoms. The zero-order valence-corrected chi connectivity index (χ0v) is 15.8. The van der Waals surface area contributed by atoms with Gasteiger partial charge in [0.2, 0.25) is 5.91 Å². The van der Waals surface area contributed by atoms with E-state index in [9.17, 15) is 4.79 Å². The van der Waals surface area contributed by atoms with Gasteiger partial charge in [-0.3, -0.25) is 4.79 Å². The summed E-state index contributed by atoms with van der Waals surface area (Å²) in [7, 11) is 0. The molecule has 0 unspecified atom stereocenters. The predicted molar refractivity (Wildman–Crippen MR) is 105 cm³/mol. The van der Waals surface area contributed by atoms with Gasteiger partial charge in [-0.05, 0) is 37.5 Å². The highest BCUT2D eigenvalue weighted by molar-refractivity contribution is 5.79. The predicted octanol–water partition coefficient (Wildman–Crippen LogP) is 1.33. The van der Waals surface area contributed by atoms with Crippen molar-refractivity contribution in [3.05, 3.63) is 42.5 Å². The fourth-order valence-corrected chi connectivity index (χ4v) is 3.02. The van der Waals surface area contributed by atoms with Gasteiger partial charge in [-0.25, -0.2) is 14.7 Å². The lowest BCUT2D eigenvalue weighted by molar-refractivity contribution is -0.127. The van der Waals surface area contributed by atoms with Gasteiger partial charge in [-0.1, -0.05) is 12.1 Å². The third-order valence-corrected chi connectivity index (χ3v) is 4.45. The molecular formula is C19H27N7O. The summed E-state index contributed by atoms with van der Waals surface area (Å²) in [5.41, 5.74) is 2.10. The number of hydrogen-bond acceptors (Lipinski definition) is 4. The summed E-state index contributed by atoms with van der Waals surface area (Å²) in [6, 6.07) is 8.10. The summed E-state index contributed by atoms with van der Waals surface area (Å²) in [5.74, 6) is 1.08. The first kappa shape index (κ1) is 18.9. The molecule has 1 saturated heterocycles. The van der Waals surface area contributed by atoms with E-state index in [2.05, 4.69) is 25.7 Å². The standard InChI is InChI=1S/C19H27N7O/c1-2-21-19(22-10-4-12-25-11-3-5-18(25)27)23-13-16-6-8-17(9-7-16)26-15-20-14-24-26/h6-9,14-15H,2-5,10-13H2,1H3,(H2,21,22,23). The molecule has 144 valence electrons. The Morgan fingerprint density at radius 1 is 1.26 bits per heavy atom. The van der Waals surface area contributed by atoms with Crippen molar-refractivity contribution in [2.75, 3.05) is 26.2 Å². The molecule has 1 aliphatic rings. The number of nitrogens with zero attached hydrogens (tertiary/aromatic N) is 5. The van der Waals surface area contributed by atoms with Crippen molar-refractivity contribution in [1.82, 2.24) is 30.3 Å². The SMILES string of the molecule is CCNC(=NCc1ccc(-n2cncn2)cc1)NCCCN1CCCC1=O. The molecule has 1 amide bonds. The Hall–Kier alpha value is -2.90. The van der Waals surface area contributed by atoms with Crippen molar-refractivity contribution < 1.29 is 4.79 Å². The van der Waals surface area contributed by atoms with Crippen LogP contribution in [0.5, 0.6) is 0 Å². The molecule has 0 radical (unpaired) electrons. The minimum absolute atomic E-state index is 0.282. The fourth-order valence-electron chi connectivity index (χ4n) is 3.02. The van der Waals surface area contributed by atoms with Crippen molar-refractivity contribution in [3.63, 3.8) is 0 Å². The number of amides is 1. The van der Waals surface area contributed by atoms with Crippen molar-refractivity contribution in [1.29, 1.82) is 0 Å². The average molecular weight is 369 g/mol. The maximum Gasteiger partial charge on any atom is 0.222 e. The average Bonchev–Trinajstić information content (AvgIpc) is 3.36. The van der Waals surface area contributed by atoms with Crippen LogP contribution in [0.4, 0.5) is 0 Å². The zero-order chi connectivity index (χ0) is 18.9. The van der Waals surface area contributed by atoms with E-state index >= 15 is 0 Å². The summed E-state index contributed by atoms with van der Waals surface area (Å²) >= 11 is 0. The second-order valence-corrected chi connectivity index (χ2v) is 6.47. The van der Waals surface area contributed by atoms with Gasteiger partial charge in [0.15, 0.2) is 5.96 Å². The number of likely N-dealkylation sites (tertiary alicyclic amines) is 1. The summed E-state index contributed by atoms with van der Waals surface area (Å²) in [6.07, 6.45) is 5.81. The van der Waals surface area contributed by atoms with Crippen LogP contribution in [0.2, 0.25) is 0 Å². The topological polar surface area (TPSA) is 87.4 Å². The van der Waals surface area contributed by atoms with Crippen LogP contribution in [0.25, 0.3) is 5.69 Å². The molecule has 0 atom stereocenters. The molecule has 0 aliphatic carbocycles. The van der Waals surface area contributed by atoms with Crippen molar-refractivity contribution in [2.45, 2.75) is 32.7 Å². The minimum Gasteiger partial charge on any atom is -0.357 e. The first-order valence-electron chi connectivity index (χ1n) is 9.50. The van der Waals surface area contributed by atoms with Gasteiger partial charge in [0, 0.05) is 32.6 Å². The number of rotatable bonds is 8. The van der Waals surface area contributed by atoms with Gasteiger partial charge in [0.25, 0.3) is 0 Å². The highest BCUT2D eigenvalue weighted by Gasteiger charge is 2.18. The Balaban J connectivity index is 1.47. The monoisotopic (exact) mass is 369 g/mol. The number of nitrogens with one attached hydrogen (secondary N) is 2. The van der Waals surface area contributed by atoms with E-state index in [4.69, 9.17) is 0 Å². The van der Waals surface area contributed by atoms with Crippen molar-refractivity contribution in [2.24, 2.45) is 4.99 Å². The largest absolute Gasteiger partial charge is 0.357 e. The number of carbonyl (C=O) groups is 1. The van der Waals surface area contributed by atoms with E-state index in [1.54, 1.807) is 11.0 Å². The van der Waals surface area contributed by atoms with Gasteiger partial charge in [-0.2, -0.15) is 5.10 Å². The number of benzene rings is 1. The summed E-state index contributed by atoms with van der Waals surface area (Å²) in [5, 5.41) is 10.7. The zero-order valence-electron chi connectivity index (χ0n) is 15.8. The molecule has 0 bridgehead atoms. The van der Waals surface area contributed by atoms with E-state index in [-0.39, 0.29) is 5.91 Å². The molecule has 1 aromatic carbocycles. The summed E-state index contributed by atoms with van der Waals surface area (Å²) in [4.78, 5) is 22.2. The summed E-state index contributed by atoms with van der Waals surface area (Å²) in [6.45, 7) is 5.96. The quantitative estimate of drug-likeness (QED) is 0.416. The normalized spacial score (nSPS) is 14.6. The third kappa shape index (κ3) is 5.54. The molecule has 27 heavy (non-hydrogen) atoms. The summed E-state index contributed by atoms with van der Waals surface area (Å²) < 4.78 is 1.73. The lowest BCUT2D eigenvalue weighted by atomic mass is 10.2. The molecule has 2 aromatic rings. The van der Waals surface area contributed by atoms with Crippen LogP contribution in [-0.2, 0) is 11.3 Å². The number of aromatic nitrogens is 3. The smallest absolute Gasteiger partial charge is 0.222 e. The Morgan fingerprint density at radius 2 is 2.11 bits per heavy atom. The van der Waals surface area contributed by atoms with Crippen molar-refractivity contribution in [3.8, 4) is 5.69 Å². The molecule has 1 aliphatic heterocycles. The van der Waals surface area contributed by atoms with Crippen LogP contribution in [0.3, 0.4) is 0 Å². The lowest BCUT2D eigenvalue weighted by Gasteiger charge is -2.16. The lowest BCUT2D eigenvalue weighted by Crippen LogP contribution is -2.39. The van der Waals surface area contributed by atoms with E-state index in [0.717, 1.165) is 56.2 Å². The molecule has 1 aromatic heterocycles. The molecular weight excluding hydrogens is 342 g/mol. The molecule has 8 nitrogen and oxygen atoms in total. The van der Waals surface area contributed by atoms with Gasteiger partial charge >= 0.3 is 0 Å². The molecule has 8 heteroatoms. The van der Waals surface area contributed by atoms with Crippen LogP contribution >= 0.6 is 0 Å². The highest BCUT2D eigenvalue weighted by Crippen LogP contribution is 2.10. The minimum atomic E-state index is 0.282. The first-order chi connectivity index (χ1) is 13.3. The van der Waals surface area contributed by atoms with Crippen LogP contribution in [0.1, 0.15) is 31.7 Å². The van der Waals surface area contributed by atoms with Gasteiger partial charge in [-0.15, -0.1) is 0 Å². The first-order valence-corrected chi connectivity index (χ1v) is 9.50. The molecule has 1 fully saturated rings. The van der Waals surface area contributed by atoms with E-state index < -0.39 is 0 Å². The van der Waals surface area contributed by atoms with E-state index in [1.807, 2.05) is 36.1 Å². The molecule has 0 saturated carbocycles. The van der Waals surface area contributed by atoms with Crippen molar-refractivity contribution >= 4 is 11.9 Å². The number of guanidine groups is 1. The maximum atomic E-state index is 11.6. The van der Waals surface area contributed by atoms with Gasteiger partial charge in [0.1, 0.15) is 12.7 Å².